The molecule has 0 bridgehead atoms. The van der Waals surface area contributed by atoms with Crippen molar-refractivity contribution in [3.63, 3.8) is 0 Å². The van der Waals surface area contributed by atoms with E-state index in [1.54, 1.807) is 12.3 Å². The summed E-state index contributed by atoms with van der Waals surface area (Å²) in [6.07, 6.45) is 3.21. The van der Waals surface area contributed by atoms with Crippen molar-refractivity contribution in [2.24, 2.45) is 0 Å². The van der Waals surface area contributed by atoms with Crippen molar-refractivity contribution < 1.29 is 9.90 Å². The summed E-state index contributed by atoms with van der Waals surface area (Å²) in [4.78, 5) is 18.8. The lowest BCUT2D eigenvalue weighted by Crippen LogP contribution is -2.35. The van der Waals surface area contributed by atoms with Gasteiger partial charge in [-0.25, -0.2) is 4.98 Å². The maximum atomic E-state index is 12.2. The number of pyridine rings is 1. The highest BCUT2D eigenvalue weighted by atomic mass is 35.5. The van der Waals surface area contributed by atoms with E-state index in [1.807, 2.05) is 54.6 Å². The number of halogens is 1. The number of aliphatic hydroxyl groups is 1. The fourth-order valence-electron chi connectivity index (χ4n) is 3.59. The molecule has 0 aliphatic carbocycles. The number of benzene rings is 2. The first-order chi connectivity index (χ1) is 15.5. The molecule has 1 amide bonds. The first-order valence-corrected chi connectivity index (χ1v) is 11.0. The summed E-state index contributed by atoms with van der Waals surface area (Å²) in [5.74, 6) is 5.00. The molecule has 5 nitrogen and oxygen atoms in total. The van der Waals surface area contributed by atoms with Gasteiger partial charge in [-0.3, -0.25) is 9.69 Å². The summed E-state index contributed by atoms with van der Waals surface area (Å²) in [5, 5.41) is 13.1. The lowest BCUT2D eigenvalue weighted by molar-refractivity contribution is -0.111. The van der Waals surface area contributed by atoms with Gasteiger partial charge in [0.2, 0.25) is 0 Å². The first kappa shape index (κ1) is 22.0. The molecular formula is C26H24ClN3O2. The van der Waals surface area contributed by atoms with Gasteiger partial charge >= 0.3 is 5.91 Å². The number of hydrogen-bond acceptors (Lipinski definition) is 4. The van der Waals surface area contributed by atoms with Gasteiger partial charge in [-0.15, -0.1) is 0 Å². The molecule has 162 valence electrons. The van der Waals surface area contributed by atoms with Crippen LogP contribution in [0.5, 0.6) is 0 Å². The number of nitrogens with zero attached hydrogens (tertiary/aromatic N) is 2. The monoisotopic (exact) mass is 445 g/mol. The molecule has 1 fully saturated rings. The number of nitrogens with one attached hydrogen (secondary N) is 1. The molecule has 0 radical (unpaired) electrons. The molecule has 0 unspecified atom stereocenters. The Morgan fingerprint density at radius 1 is 1.03 bits per heavy atom. The van der Waals surface area contributed by atoms with E-state index in [9.17, 15) is 9.90 Å². The van der Waals surface area contributed by atoms with Crippen LogP contribution >= 0.6 is 11.6 Å². The highest BCUT2D eigenvalue weighted by molar-refractivity contribution is 6.30. The number of anilines is 1. The SMILES string of the molecule is O=C(C#Cc1ccc(-c2ccc(Cl)cc2)cn1)Nc1ccc(CN2CCC(O)CC2)cc1. The van der Waals surface area contributed by atoms with Crippen LogP contribution in [0.4, 0.5) is 5.69 Å². The Balaban J connectivity index is 1.30. The summed E-state index contributed by atoms with van der Waals surface area (Å²) in [6.45, 7) is 2.66. The number of hydrogen-bond donors (Lipinski definition) is 2. The molecule has 1 aromatic heterocycles. The van der Waals surface area contributed by atoms with Gasteiger partial charge in [0.25, 0.3) is 0 Å². The van der Waals surface area contributed by atoms with E-state index in [1.165, 1.54) is 5.56 Å². The maximum absolute atomic E-state index is 12.2. The van der Waals surface area contributed by atoms with E-state index in [0.29, 0.717) is 16.4 Å². The summed E-state index contributed by atoms with van der Waals surface area (Å²) >= 11 is 5.92. The Hall–Kier alpha value is -3.17. The zero-order valence-corrected chi connectivity index (χ0v) is 18.3. The average molecular weight is 446 g/mol. The van der Waals surface area contributed by atoms with Crippen molar-refractivity contribution in [3.8, 4) is 23.0 Å². The first-order valence-electron chi connectivity index (χ1n) is 10.6. The van der Waals surface area contributed by atoms with E-state index in [-0.39, 0.29) is 12.0 Å². The lowest BCUT2D eigenvalue weighted by atomic mass is 10.1. The Bertz CT molecular complexity index is 1110. The summed E-state index contributed by atoms with van der Waals surface area (Å²) < 4.78 is 0. The fourth-order valence-corrected chi connectivity index (χ4v) is 3.72. The highest BCUT2D eigenvalue weighted by Crippen LogP contribution is 2.21. The standard InChI is InChI=1S/C26H24ClN3O2/c27-22-6-3-20(4-7-22)21-5-10-23(28-17-21)11-12-26(32)29-24-8-1-19(2-9-24)18-30-15-13-25(31)14-16-30/h1-10,17,25,31H,13-16,18H2,(H,29,32). The minimum Gasteiger partial charge on any atom is -0.393 e. The molecule has 2 heterocycles. The molecule has 1 aliphatic rings. The summed E-state index contributed by atoms with van der Waals surface area (Å²) in [6, 6.07) is 19.0. The second kappa shape index (κ2) is 10.4. The van der Waals surface area contributed by atoms with E-state index in [4.69, 9.17) is 11.6 Å². The van der Waals surface area contributed by atoms with Crippen molar-refractivity contribution in [1.82, 2.24) is 9.88 Å². The Labute approximate surface area is 193 Å². The van der Waals surface area contributed by atoms with Crippen LogP contribution in [0.3, 0.4) is 0 Å². The molecule has 3 aromatic rings. The van der Waals surface area contributed by atoms with Crippen LogP contribution in [0.1, 0.15) is 24.1 Å². The molecule has 2 aromatic carbocycles. The number of aromatic nitrogens is 1. The van der Waals surface area contributed by atoms with Crippen molar-refractivity contribution in [3.05, 3.63) is 83.1 Å². The third kappa shape index (κ3) is 6.18. The van der Waals surface area contributed by atoms with Crippen LogP contribution < -0.4 is 5.32 Å². The van der Waals surface area contributed by atoms with E-state index in [2.05, 4.69) is 27.0 Å². The van der Waals surface area contributed by atoms with Gasteiger partial charge in [0.15, 0.2) is 0 Å². The van der Waals surface area contributed by atoms with Crippen LogP contribution in [0.2, 0.25) is 5.02 Å². The summed E-state index contributed by atoms with van der Waals surface area (Å²) in [5.41, 5.74) is 4.38. The van der Waals surface area contributed by atoms with Gasteiger partial charge in [0.05, 0.1) is 6.10 Å². The van der Waals surface area contributed by atoms with Gasteiger partial charge in [0.1, 0.15) is 5.69 Å². The molecule has 0 spiro atoms. The topological polar surface area (TPSA) is 65.5 Å². The van der Waals surface area contributed by atoms with E-state index < -0.39 is 0 Å². The van der Waals surface area contributed by atoms with Crippen molar-refractivity contribution in [2.75, 3.05) is 18.4 Å². The molecule has 2 N–H and O–H groups in total. The third-order valence-corrected chi connectivity index (χ3v) is 5.67. The van der Waals surface area contributed by atoms with Crippen molar-refractivity contribution in [1.29, 1.82) is 0 Å². The molecule has 32 heavy (non-hydrogen) atoms. The number of likely N-dealkylation sites (tertiary alicyclic amines) is 1. The second-order valence-corrected chi connectivity index (χ2v) is 8.28. The van der Waals surface area contributed by atoms with E-state index >= 15 is 0 Å². The Morgan fingerprint density at radius 3 is 2.38 bits per heavy atom. The Kier molecular flexibility index (Phi) is 7.18. The largest absolute Gasteiger partial charge is 0.393 e. The number of aliphatic hydroxyl groups excluding tert-OH is 1. The minimum absolute atomic E-state index is 0.165. The van der Waals surface area contributed by atoms with Gasteiger partial charge in [-0.1, -0.05) is 41.9 Å². The van der Waals surface area contributed by atoms with Crippen molar-refractivity contribution in [2.45, 2.75) is 25.5 Å². The van der Waals surface area contributed by atoms with Crippen LogP contribution in [-0.2, 0) is 11.3 Å². The summed E-state index contributed by atoms with van der Waals surface area (Å²) in [7, 11) is 0. The third-order valence-electron chi connectivity index (χ3n) is 5.42. The molecular weight excluding hydrogens is 422 g/mol. The normalized spacial score (nSPS) is 14.4. The number of carbonyl (C=O) groups excluding carboxylic acids is 1. The van der Waals surface area contributed by atoms with Gasteiger partial charge in [-0.05, 0) is 60.2 Å². The smallest absolute Gasteiger partial charge is 0.300 e. The van der Waals surface area contributed by atoms with Crippen LogP contribution in [0.25, 0.3) is 11.1 Å². The quantitative estimate of drug-likeness (QED) is 0.586. The number of carbonyl (C=O) groups is 1. The van der Waals surface area contributed by atoms with Crippen molar-refractivity contribution >= 4 is 23.2 Å². The lowest BCUT2D eigenvalue weighted by Gasteiger charge is -2.29. The minimum atomic E-state index is -0.383. The molecule has 4 rings (SSSR count). The van der Waals surface area contributed by atoms with Gasteiger partial charge in [0, 0.05) is 48.0 Å². The number of piperidine rings is 1. The number of rotatable bonds is 4. The molecule has 0 saturated carbocycles. The average Bonchev–Trinajstić information content (AvgIpc) is 2.81. The molecule has 0 atom stereocenters. The fraction of sp³-hybridized carbons (Fsp3) is 0.231. The van der Waals surface area contributed by atoms with Crippen LogP contribution in [0.15, 0.2) is 66.9 Å². The molecule has 1 aliphatic heterocycles. The predicted molar refractivity (Wildman–Crippen MR) is 127 cm³/mol. The number of amides is 1. The van der Waals surface area contributed by atoms with E-state index in [0.717, 1.165) is 43.6 Å². The predicted octanol–water partition coefficient (Wildman–Crippen LogP) is 4.35. The van der Waals surface area contributed by atoms with Crippen LogP contribution in [-0.4, -0.2) is 40.1 Å². The van der Waals surface area contributed by atoms with Crippen LogP contribution in [0, 0.1) is 11.8 Å². The second-order valence-electron chi connectivity index (χ2n) is 7.85. The zero-order valence-electron chi connectivity index (χ0n) is 17.6. The highest BCUT2D eigenvalue weighted by Gasteiger charge is 2.16. The van der Waals surface area contributed by atoms with Gasteiger partial charge in [-0.2, -0.15) is 0 Å². The molecule has 6 heteroatoms. The zero-order chi connectivity index (χ0) is 22.3. The Morgan fingerprint density at radius 2 is 1.72 bits per heavy atom. The molecule has 1 saturated heterocycles. The maximum Gasteiger partial charge on any atom is 0.300 e. The van der Waals surface area contributed by atoms with Gasteiger partial charge < -0.3 is 10.4 Å².